The van der Waals surface area contributed by atoms with Crippen LogP contribution in [0.2, 0.25) is 0 Å². The van der Waals surface area contributed by atoms with E-state index in [9.17, 15) is 9.90 Å². The van der Waals surface area contributed by atoms with Crippen molar-refractivity contribution in [2.45, 2.75) is 72.4 Å². The highest BCUT2D eigenvalue weighted by atomic mass is 16.6. The van der Waals surface area contributed by atoms with Crippen LogP contribution in [-0.4, -0.2) is 45.0 Å². The first-order valence-electron chi connectivity index (χ1n) is 11.4. The van der Waals surface area contributed by atoms with Gasteiger partial charge in [-0.3, -0.25) is 5.32 Å². The molecule has 1 aromatic carbocycles. The molecule has 1 saturated heterocycles. The zero-order valence-electron chi connectivity index (χ0n) is 20.7. The summed E-state index contributed by atoms with van der Waals surface area (Å²) in [6.45, 7) is 15.9. The van der Waals surface area contributed by atoms with Crippen molar-refractivity contribution in [3.8, 4) is 0 Å². The van der Waals surface area contributed by atoms with E-state index >= 15 is 0 Å². The summed E-state index contributed by atoms with van der Waals surface area (Å²) < 4.78 is 5.22. The van der Waals surface area contributed by atoms with E-state index in [-0.39, 0.29) is 6.04 Å². The Hall–Kier alpha value is -3.22. The molecule has 4 N–H and O–H groups in total. The van der Waals surface area contributed by atoms with Crippen LogP contribution >= 0.6 is 0 Å². The molecule has 2 aromatic rings. The summed E-state index contributed by atoms with van der Waals surface area (Å²) in [6.07, 6.45) is 4.01. The summed E-state index contributed by atoms with van der Waals surface area (Å²) in [7, 11) is 0. The number of aromatic nitrogens is 1. The van der Waals surface area contributed by atoms with E-state index in [4.69, 9.17) is 10.1 Å². The lowest BCUT2D eigenvalue weighted by Gasteiger charge is -2.29. The average Bonchev–Trinajstić information content (AvgIpc) is 3.40. The molecular formula is C26H38N4O3. The number of nitrogens with one attached hydrogen (secondary N) is 3. The fourth-order valence-electron chi connectivity index (χ4n) is 3.75. The Labute approximate surface area is 197 Å². The fourth-order valence-corrected chi connectivity index (χ4v) is 3.75. The number of aliphatic hydroxyl groups excluding tert-OH is 1. The monoisotopic (exact) mass is 454 g/mol. The van der Waals surface area contributed by atoms with Gasteiger partial charge in [0.15, 0.2) is 0 Å². The number of carbonyl (C=O) groups is 1. The Kier molecular flexibility index (Phi) is 8.74. The van der Waals surface area contributed by atoms with Crippen LogP contribution in [0.1, 0.15) is 66.4 Å². The molecule has 2 heterocycles. The largest absolute Gasteiger partial charge is 0.510 e. The molecule has 1 aliphatic rings. The van der Waals surface area contributed by atoms with Crippen molar-refractivity contribution in [1.82, 2.24) is 15.2 Å². The van der Waals surface area contributed by atoms with Gasteiger partial charge in [0.05, 0.1) is 6.04 Å². The molecule has 1 amide bonds. The van der Waals surface area contributed by atoms with Crippen molar-refractivity contribution in [2.75, 3.05) is 6.54 Å². The lowest BCUT2D eigenvalue weighted by atomic mass is 10.1. The Morgan fingerprint density at radius 3 is 2.64 bits per heavy atom. The standard InChI is InChI=1S/C16H28N2O3.C10H10N2/c1-7-11(2)14(19)13-9-8-10-18(13)12(3)17-15(20)21-16(4,5)6;1-7(11)8-3-2-4-10-9(8)5-6-12-10/h13,19H,3,7-10H2,1-2,4-6H3,(H,17,20);2-6,11-12H,1H3/b14-11+;. The van der Waals surface area contributed by atoms with E-state index in [0.717, 1.165) is 47.8 Å². The second kappa shape index (κ2) is 11.1. The number of aliphatic hydroxyl groups is 1. The van der Waals surface area contributed by atoms with Gasteiger partial charge in [-0.25, -0.2) is 4.79 Å². The van der Waals surface area contributed by atoms with Crippen LogP contribution in [0.5, 0.6) is 0 Å². The van der Waals surface area contributed by atoms with Crippen LogP contribution < -0.4 is 5.32 Å². The SMILES string of the molecule is C=C(NC(=O)OC(C)(C)C)N1CCCC1/C(O)=C(/C)CC.CC(=N)c1cccc2[nH]ccc12. The molecule has 0 radical (unpaired) electrons. The topological polar surface area (TPSA) is 101 Å². The van der Waals surface area contributed by atoms with E-state index in [2.05, 4.69) is 16.9 Å². The van der Waals surface area contributed by atoms with Crippen molar-refractivity contribution in [2.24, 2.45) is 0 Å². The van der Waals surface area contributed by atoms with Crippen LogP contribution in [-0.2, 0) is 4.74 Å². The number of allylic oxidation sites excluding steroid dienone is 1. The smallest absolute Gasteiger partial charge is 0.413 e. The normalized spacial score (nSPS) is 16.5. The number of likely N-dealkylation sites (tertiary alicyclic amines) is 1. The highest BCUT2D eigenvalue weighted by Gasteiger charge is 2.30. The first-order chi connectivity index (χ1) is 15.4. The highest BCUT2D eigenvalue weighted by molar-refractivity contribution is 6.07. The van der Waals surface area contributed by atoms with E-state index in [1.807, 2.05) is 76.9 Å². The van der Waals surface area contributed by atoms with Gasteiger partial charge in [-0.2, -0.15) is 0 Å². The molecule has 33 heavy (non-hydrogen) atoms. The van der Waals surface area contributed by atoms with Crippen molar-refractivity contribution in [1.29, 1.82) is 5.41 Å². The maximum atomic E-state index is 11.8. The first-order valence-corrected chi connectivity index (χ1v) is 11.4. The minimum atomic E-state index is -0.546. The van der Waals surface area contributed by atoms with Crippen molar-refractivity contribution >= 4 is 22.7 Å². The minimum absolute atomic E-state index is 0.104. The number of ether oxygens (including phenoxy) is 1. The van der Waals surface area contributed by atoms with Gasteiger partial charge in [-0.1, -0.05) is 25.6 Å². The molecule has 180 valence electrons. The van der Waals surface area contributed by atoms with Gasteiger partial charge in [0.2, 0.25) is 0 Å². The van der Waals surface area contributed by atoms with Gasteiger partial charge >= 0.3 is 6.09 Å². The minimum Gasteiger partial charge on any atom is -0.510 e. The number of carbonyl (C=O) groups excluding carboxylic acids is 1. The molecular weight excluding hydrogens is 416 g/mol. The van der Waals surface area contributed by atoms with Crippen LogP contribution in [0.3, 0.4) is 0 Å². The van der Waals surface area contributed by atoms with Gasteiger partial charge in [0.25, 0.3) is 0 Å². The van der Waals surface area contributed by atoms with Crippen LogP contribution in [0.4, 0.5) is 4.79 Å². The number of alkyl carbamates (subject to hydrolysis) is 1. The predicted octanol–water partition coefficient (Wildman–Crippen LogP) is 6.24. The lowest BCUT2D eigenvalue weighted by Crippen LogP contribution is -2.40. The number of nitrogens with zero attached hydrogens (tertiary/aromatic N) is 1. The van der Waals surface area contributed by atoms with Crippen LogP contribution in [0.15, 0.2) is 54.2 Å². The fraction of sp³-hybridized carbons (Fsp3) is 0.462. The van der Waals surface area contributed by atoms with E-state index < -0.39 is 11.7 Å². The zero-order valence-corrected chi connectivity index (χ0v) is 20.7. The van der Waals surface area contributed by atoms with Crippen molar-refractivity contribution < 1.29 is 14.6 Å². The number of benzene rings is 1. The number of hydrogen-bond acceptors (Lipinski definition) is 5. The number of rotatable bonds is 5. The third-order valence-corrected chi connectivity index (χ3v) is 5.53. The lowest BCUT2D eigenvalue weighted by molar-refractivity contribution is 0.0524. The molecule has 7 heteroatoms. The Bertz CT molecular complexity index is 1030. The number of hydrogen-bond donors (Lipinski definition) is 4. The van der Waals surface area contributed by atoms with E-state index in [0.29, 0.717) is 17.3 Å². The predicted molar refractivity (Wildman–Crippen MR) is 135 cm³/mol. The summed E-state index contributed by atoms with van der Waals surface area (Å²) in [5.41, 5.74) is 3.14. The number of fused-ring (bicyclic) bond motifs is 1. The molecule has 3 rings (SSSR count). The summed E-state index contributed by atoms with van der Waals surface area (Å²) in [5.74, 6) is 0.865. The molecule has 1 aliphatic heterocycles. The summed E-state index contributed by atoms with van der Waals surface area (Å²) in [5, 5.41) is 21.6. The van der Waals surface area contributed by atoms with Crippen molar-refractivity contribution in [3.05, 3.63) is 59.8 Å². The second-order valence-electron chi connectivity index (χ2n) is 9.31. The van der Waals surface area contributed by atoms with Gasteiger partial charge in [-0.05, 0) is 71.6 Å². The molecule has 0 aliphatic carbocycles. The summed E-state index contributed by atoms with van der Waals surface area (Å²) >= 11 is 0. The average molecular weight is 455 g/mol. The molecule has 1 atom stereocenters. The molecule has 1 aromatic heterocycles. The van der Waals surface area contributed by atoms with Crippen LogP contribution in [0, 0.1) is 5.41 Å². The quantitative estimate of drug-likeness (QED) is 0.317. The number of H-pyrrole nitrogens is 1. The Balaban J connectivity index is 0.000000268. The van der Waals surface area contributed by atoms with Gasteiger partial charge in [0.1, 0.15) is 17.2 Å². The van der Waals surface area contributed by atoms with Crippen LogP contribution in [0.25, 0.3) is 10.9 Å². The second-order valence-corrected chi connectivity index (χ2v) is 9.31. The maximum absolute atomic E-state index is 11.8. The number of aromatic amines is 1. The Morgan fingerprint density at radius 1 is 1.33 bits per heavy atom. The number of amides is 1. The molecule has 0 spiro atoms. The molecule has 1 fully saturated rings. The maximum Gasteiger partial charge on any atom is 0.413 e. The molecule has 1 unspecified atom stereocenters. The molecule has 7 nitrogen and oxygen atoms in total. The van der Waals surface area contributed by atoms with Gasteiger partial charge in [-0.15, -0.1) is 0 Å². The summed E-state index contributed by atoms with van der Waals surface area (Å²) in [6, 6.07) is 7.85. The van der Waals surface area contributed by atoms with E-state index in [1.54, 1.807) is 0 Å². The third-order valence-electron chi connectivity index (χ3n) is 5.53. The van der Waals surface area contributed by atoms with Crippen molar-refractivity contribution in [3.63, 3.8) is 0 Å². The van der Waals surface area contributed by atoms with E-state index in [1.165, 1.54) is 0 Å². The molecule has 0 saturated carbocycles. The molecule has 0 bridgehead atoms. The van der Waals surface area contributed by atoms with Gasteiger partial charge in [0, 0.05) is 34.9 Å². The first kappa shape index (κ1) is 26.0. The summed E-state index contributed by atoms with van der Waals surface area (Å²) in [4.78, 5) is 16.8. The zero-order chi connectivity index (χ0) is 24.8. The van der Waals surface area contributed by atoms with Gasteiger partial charge < -0.3 is 25.1 Å². The third kappa shape index (κ3) is 7.14. The highest BCUT2D eigenvalue weighted by Crippen LogP contribution is 2.27. The Morgan fingerprint density at radius 2 is 2.03 bits per heavy atom.